The summed E-state index contributed by atoms with van der Waals surface area (Å²) < 4.78 is 11.2. The Morgan fingerprint density at radius 2 is 1.46 bits per heavy atom. The Hall–Kier alpha value is -1.06. The maximum absolute atomic E-state index is 11.9. The maximum atomic E-state index is 11.9. The highest BCUT2D eigenvalue weighted by Crippen LogP contribution is 2.62. The number of esters is 2. The van der Waals surface area contributed by atoms with Crippen LogP contribution in [0.2, 0.25) is 0 Å². The van der Waals surface area contributed by atoms with Gasteiger partial charge < -0.3 is 9.47 Å². The second-order valence-corrected chi connectivity index (χ2v) is 8.80. The molecule has 3 rings (SSSR count). The van der Waals surface area contributed by atoms with E-state index in [2.05, 4.69) is 0 Å². The molecule has 0 N–H and O–H groups in total. The zero-order valence-electron chi connectivity index (χ0n) is 15.5. The predicted molar refractivity (Wildman–Crippen MR) is 91.0 cm³/mol. The highest BCUT2D eigenvalue weighted by atomic mass is 16.5. The summed E-state index contributed by atoms with van der Waals surface area (Å²) in [5, 5.41) is 0. The Balaban J connectivity index is 1.64. The zero-order chi connectivity index (χ0) is 17.4. The average molecular weight is 336 g/mol. The quantitative estimate of drug-likeness (QED) is 0.694. The number of carbonyl (C=O) groups is 2. The van der Waals surface area contributed by atoms with Crippen molar-refractivity contribution < 1.29 is 19.1 Å². The maximum Gasteiger partial charge on any atom is 0.308 e. The number of ether oxygens (including phenoxy) is 2. The Labute approximate surface area is 145 Å². The Morgan fingerprint density at radius 3 is 2.08 bits per heavy atom. The van der Waals surface area contributed by atoms with E-state index in [0.29, 0.717) is 31.0 Å². The van der Waals surface area contributed by atoms with Crippen molar-refractivity contribution in [2.24, 2.45) is 47.3 Å². The van der Waals surface area contributed by atoms with E-state index in [1.807, 2.05) is 27.7 Å². The lowest BCUT2D eigenvalue weighted by Crippen LogP contribution is -2.31. The van der Waals surface area contributed by atoms with E-state index in [1.165, 1.54) is 19.3 Å². The minimum Gasteiger partial charge on any atom is -0.465 e. The van der Waals surface area contributed by atoms with Crippen molar-refractivity contribution in [3.05, 3.63) is 0 Å². The summed E-state index contributed by atoms with van der Waals surface area (Å²) in [5.74, 6) is 3.41. The van der Waals surface area contributed by atoms with Gasteiger partial charge in [0.1, 0.15) is 0 Å². The van der Waals surface area contributed by atoms with E-state index in [4.69, 9.17) is 9.47 Å². The molecular weight excluding hydrogens is 304 g/mol. The van der Waals surface area contributed by atoms with Gasteiger partial charge in [0.2, 0.25) is 0 Å². The minimum atomic E-state index is -0.118. The second-order valence-electron chi connectivity index (χ2n) is 8.80. The van der Waals surface area contributed by atoms with Crippen LogP contribution in [0.1, 0.15) is 53.4 Å². The Morgan fingerprint density at radius 1 is 0.875 bits per heavy atom. The molecule has 2 bridgehead atoms. The molecule has 136 valence electrons. The first-order valence-electron chi connectivity index (χ1n) is 9.71. The van der Waals surface area contributed by atoms with Crippen LogP contribution >= 0.6 is 0 Å². The van der Waals surface area contributed by atoms with Crippen LogP contribution < -0.4 is 0 Å². The molecule has 3 saturated carbocycles. The van der Waals surface area contributed by atoms with Crippen LogP contribution in [0, 0.1) is 47.3 Å². The van der Waals surface area contributed by atoms with Gasteiger partial charge in [-0.2, -0.15) is 0 Å². The van der Waals surface area contributed by atoms with E-state index in [-0.39, 0.29) is 23.8 Å². The molecule has 0 aromatic carbocycles. The van der Waals surface area contributed by atoms with Crippen LogP contribution in [-0.2, 0) is 19.1 Å². The summed E-state index contributed by atoms with van der Waals surface area (Å²) >= 11 is 0. The summed E-state index contributed by atoms with van der Waals surface area (Å²) in [7, 11) is 0. The molecule has 0 amide bonds. The summed E-state index contributed by atoms with van der Waals surface area (Å²) in [4.78, 5) is 23.7. The van der Waals surface area contributed by atoms with Crippen molar-refractivity contribution in [3.63, 3.8) is 0 Å². The van der Waals surface area contributed by atoms with E-state index in [0.717, 1.165) is 24.2 Å². The lowest BCUT2D eigenvalue weighted by atomic mass is 9.77. The normalized spacial score (nSPS) is 37.1. The van der Waals surface area contributed by atoms with Crippen LogP contribution in [0.4, 0.5) is 0 Å². The Bertz CT molecular complexity index is 484. The number of rotatable bonds is 6. The standard InChI is InChI=1S/C20H32O4/c1-11(2)19(21)23-9-15-8-16-13-5-6-14(7-13)18(16)17(15)10-24-20(22)12(3)4/h11-18H,5-10H2,1-4H3/t13-,14-,15-,16+,17-,18-/m0/s1. The molecule has 0 aliphatic heterocycles. The van der Waals surface area contributed by atoms with E-state index < -0.39 is 0 Å². The molecule has 3 aliphatic rings. The fraction of sp³-hybridized carbons (Fsp3) is 0.900. The SMILES string of the molecule is CC(C)C(=O)OC[C@@H]1C[C@@H]2[C@H]3CC[C@@H](C3)[C@@H]2[C@H]1COC(=O)C(C)C. The summed E-state index contributed by atoms with van der Waals surface area (Å²) in [5.41, 5.74) is 0. The fourth-order valence-corrected chi connectivity index (χ4v) is 5.45. The topological polar surface area (TPSA) is 52.6 Å². The van der Waals surface area contributed by atoms with Crippen molar-refractivity contribution in [1.29, 1.82) is 0 Å². The van der Waals surface area contributed by atoms with Crippen molar-refractivity contribution >= 4 is 11.9 Å². The predicted octanol–water partition coefficient (Wildman–Crippen LogP) is 3.68. The Kier molecular flexibility index (Phi) is 5.22. The van der Waals surface area contributed by atoms with Crippen molar-refractivity contribution in [1.82, 2.24) is 0 Å². The summed E-state index contributed by atoms with van der Waals surface area (Å²) in [6, 6.07) is 0. The molecule has 0 saturated heterocycles. The van der Waals surface area contributed by atoms with Gasteiger partial charge in [0, 0.05) is 5.92 Å². The lowest BCUT2D eigenvalue weighted by molar-refractivity contribution is -0.153. The number of fused-ring (bicyclic) bond motifs is 5. The van der Waals surface area contributed by atoms with Gasteiger partial charge in [0.25, 0.3) is 0 Å². The summed E-state index contributed by atoms with van der Waals surface area (Å²) in [6.07, 6.45) is 5.20. The molecule has 24 heavy (non-hydrogen) atoms. The fourth-order valence-electron chi connectivity index (χ4n) is 5.45. The highest BCUT2D eigenvalue weighted by molar-refractivity contribution is 5.71. The third kappa shape index (κ3) is 3.34. The van der Waals surface area contributed by atoms with Crippen molar-refractivity contribution in [2.75, 3.05) is 13.2 Å². The lowest BCUT2D eigenvalue weighted by Gasteiger charge is -2.30. The van der Waals surface area contributed by atoms with Crippen molar-refractivity contribution in [3.8, 4) is 0 Å². The van der Waals surface area contributed by atoms with Crippen LogP contribution in [0.3, 0.4) is 0 Å². The highest BCUT2D eigenvalue weighted by Gasteiger charge is 2.57. The van der Waals surface area contributed by atoms with Gasteiger partial charge in [-0.1, -0.05) is 27.7 Å². The first-order valence-corrected chi connectivity index (χ1v) is 9.71. The molecule has 0 spiro atoms. The van der Waals surface area contributed by atoms with Gasteiger partial charge in [-0.25, -0.2) is 0 Å². The minimum absolute atomic E-state index is 0.0838. The molecule has 4 heteroatoms. The van der Waals surface area contributed by atoms with Crippen LogP contribution in [0.15, 0.2) is 0 Å². The van der Waals surface area contributed by atoms with Crippen molar-refractivity contribution in [2.45, 2.75) is 53.4 Å². The summed E-state index contributed by atoms with van der Waals surface area (Å²) in [6.45, 7) is 8.48. The molecule has 0 radical (unpaired) electrons. The zero-order valence-corrected chi connectivity index (χ0v) is 15.5. The molecule has 0 aromatic rings. The van der Waals surface area contributed by atoms with Gasteiger partial charge in [0.15, 0.2) is 0 Å². The van der Waals surface area contributed by atoms with Crippen LogP contribution in [-0.4, -0.2) is 25.2 Å². The first-order chi connectivity index (χ1) is 11.4. The molecule has 4 nitrogen and oxygen atoms in total. The number of hydrogen-bond donors (Lipinski definition) is 0. The molecule has 0 aromatic heterocycles. The smallest absolute Gasteiger partial charge is 0.308 e. The largest absolute Gasteiger partial charge is 0.465 e. The molecular formula is C20H32O4. The average Bonchev–Trinajstić information content (AvgIpc) is 3.21. The van der Waals surface area contributed by atoms with Gasteiger partial charge >= 0.3 is 11.9 Å². The number of hydrogen-bond acceptors (Lipinski definition) is 4. The molecule has 0 heterocycles. The molecule has 0 unspecified atom stereocenters. The molecule has 3 aliphatic carbocycles. The van der Waals surface area contributed by atoms with Gasteiger partial charge in [0.05, 0.1) is 25.0 Å². The van der Waals surface area contributed by atoms with Crippen LogP contribution in [0.5, 0.6) is 0 Å². The van der Waals surface area contributed by atoms with E-state index in [9.17, 15) is 9.59 Å². The van der Waals surface area contributed by atoms with Gasteiger partial charge in [-0.15, -0.1) is 0 Å². The monoisotopic (exact) mass is 336 g/mol. The number of carbonyl (C=O) groups excluding carboxylic acids is 2. The molecule has 6 atom stereocenters. The third-order valence-electron chi connectivity index (χ3n) is 6.63. The third-order valence-corrected chi connectivity index (χ3v) is 6.63. The molecule has 3 fully saturated rings. The van der Waals surface area contributed by atoms with E-state index in [1.54, 1.807) is 0 Å². The van der Waals surface area contributed by atoms with Gasteiger partial charge in [-0.05, 0) is 55.3 Å². The van der Waals surface area contributed by atoms with Crippen LogP contribution in [0.25, 0.3) is 0 Å². The second kappa shape index (κ2) is 7.05. The van der Waals surface area contributed by atoms with Gasteiger partial charge in [-0.3, -0.25) is 9.59 Å². The first kappa shape index (κ1) is 17.8. The van der Waals surface area contributed by atoms with E-state index >= 15 is 0 Å².